The fourth-order valence-corrected chi connectivity index (χ4v) is 7.90. The Labute approximate surface area is 220 Å². The highest BCUT2D eigenvalue weighted by Crippen LogP contribution is 2.37. The molecule has 0 radical (unpaired) electrons. The molecular weight excluding hydrogens is 516 g/mol. The van der Waals surface area contributed by atoms with Crippen LogP contribution in [-0.2, 0) is 19.5 Å². The van der Waals surface area contributed by atoms with Crippen molar-refractivity contribution in [3.8, 4) is 17.3 Å². The summed E-state index contributed by atoms with van der Waals surface area (Å²) < 4.78 is 44.3. The van der Waals surface area contributed by atoms with Crippen LogP contribution >= 0.6 is 11.6 Å². The molecule has 196 valence electrons. The lowest BCUT2D eigenvalue weighted by atomic mass is 9.89. The van der Waals surface area contributed by atoms with E-state index >= 15 is 0 Å². The first-order valence-corrected chi connectivity index (χ1v) is 14.9. The van der Waals surface area contributed by atoms with Gasteiger partial charge in [-0.2, -0.15) is 4.98 Å². The van der Waals surface area contributed by atoms with Gasteiger partial charge in [0, 0.05) is 25.3 Å². The van der Waals surface area contributed by atoms with Gasteiger partial charge < -0.3 is 19.2 Å². The van der Waals surface area contributed by atoms with E-state index in [-0.39, 0.29) is 23.6 Å². The third-order valence-electron chi connectivity index (χ3n) is 8.00. The second-order valence-electron chi connectivity index (χ2n) is 10.4. The molecule has 37 heavy (non-hydrogen) atoms. The number of sulfonamides is 1. The Morgan fingerprint density at radius 3 is 2.57 bits per heavy atom. The fraction of sp³-hybridized carbons (Fsp3) is 0.538. The smallest absolute Gasteiger partial charge is 0.296 e. The second kappa shape index (κ2) is 9.20. The SMILES string of the molecule is O=S(=O)(C1CC1)N1CCC(c2ccc(-c3nc4nc(OC5CO[C@@H]6CCO[C@H]56)[nH]c4cc3Cl)cc2)CC1. The lowest BCUT2D eigenvalue weighted by Gasteiger charge is -2.31. The number of nitrogens with zero attached hydrogens (tertiary/aromatic N) is 3. The van der Waals surface area contributed by atoms with Crippen LogP contribution in [0.25, 0.3) is 22.4 Å². The number of nitrogens with one attached hydrogen (secondary N) is 1. The van der Waals surface area contributed by atoms with Crippen molar-refractivity contribution in [2.45, 2.75) is 61.6 Å². The summed E-state index contributed by atoms with van der Waals surface area (Å²) in [6.45, 7) is 2.36. The molecular formula is C26H29ClN4O5S. The van der Waals surface area contributed by atoms with Crippen LogP contribution in [0.2, 0.25) is 5.02 Å². The third-order valence-corrected chi connectivity index (χ3v) is 10.7. The second-order valence-corrected chi connectivity index (χ2v) is 13.0. The molecule has 4 fully saturated rings. The number of benzene rings is 1. The summed E-state index contributed by atoms with van der Waals surface area (Å²) >= 11 is 6.61. The van der Waals surface area contributed by atoms with Gasteiger partial charge in [0.05, 0.1) is 34.2 Å². The van der Waals surface area contributed by atoms with Crippen LogP contribution in [0.3, 0.4) is 0 Å². The van der Waals surface area contributed by atoms with Gasteiger partial charge in [0.2, 0.25) is 10.0 Å². The number of H-pyrrole nitrogens is 1. The number of aromatic amines is 1. The van der Waals surface area contributed by atoms with Crippen LogP contribution in [0.5, 0.6) is 6.01 Å². The number of aromatic nitrogens is 3. The number of hydrogen-bond donors (Lipinski definition) is 1. The topological polar surface area (TPSA) is 107 Å². The van der Waals surface area contributed by atoms with Gasteiger partial charge in [-0.3, -0.25) is 0 Å². The summed E-state index contributed by atoms with van der Waals surface area (Å²) in [6, 6.07) is 10.5. The van der Waals surface area contributed by atoms with Crippen LogP contribution in [-0.4, -0.2) is 77.5 Å². The Bertz CT molecular complexity index is 1420. The van der Waals surface area contributed by atoms with Crippen molar-refractivity contribution in [3.63, 3.8) is 0 Å². The summed E-state index contributed by atoms with van der Waals surface area (Å²) in [5.74, 6) is 0.347. The minimum Gasteiger partial charge on any atom is -0.456 e. The molecule has 11 heteroatoms. The molecule has 7 rings (SSSR count). The summed E-state index contributed by atoms with van der Waals surface area (Å²) in [4.78, 5) is 12.4. The van der Waals surface area contributed by atoms with E-state index in [1.165, 1.54) is 5.56 Å². The molecule has 1 aromatic carbocycles. The lowest BCUT2D eigenvalue weighted by Crippen LogP contribution is -2.39. The van der Waals surface area contributed by atoms with E-state index in [1.807, 2.05) is 18.2 Å². The monoisotopic (exact) mass is 544 g/mol. The van der Waals surface area contributed by atoms with Crippen molar-refractivity contribution in [2.24, 2.45) is 0 Å². The maximum absolute atomic E-state index is 12.5. The highest BCUT2D eigenvalue weighted by Gasteiger charge is 2.44. The predicted molar refractivity (Wildman–Crippen MR) is 138 cm³/mol. The predicted octanol–water partition coefficient (Wildman–Crippen LogP) is 3.89. The molecule has 1 N–H and O–H groups in total. The van der Waals surface area contributed by atoms with Crippen LogP contribution in [0.15, 0.2) is 30.3 Å². The van der Waals surface area contributed by atoms with Gasteiger partial charge in [0.25, 0.3) is 6.01 Å². The van der Waals surface area contributed by atoms with Crippen molar-refractivity contribution < 1.29 is 22.6 Å². The number of piperidine rings is 1. The van der Waals surface area contributed by atoms with Gasteiger partial charge in [-0.05, 0) is 49.7 Å². The average Bonchev–Trinajstić information content (AvgIpc) is 3.39. The number of halogens is 1. The van der Waals surface area contributed by atoms with Crippen LogP contribution in [0.4, 0.5) is 0 Å². The molecule has 0 amide bonds. The summed E-state index contributed by atoms with van der Waals surface area (Å²) in [5.41, 5.74) is 4.02. The van der Waals surface area contributed by atoms with Crippen molar-refractivity contribution in [1.29, 1.82) is 0 Å². The minimum atomic E-state index is -3.09. The maximum Gasteiger partial charge on any atom is 0.296 e. The molecule has 3 saturated heterocycles. The number of pyridine rings is 1. The molecule has 0 bridgehead atoms. The zero-order valence-corrected chi connectivity index (χ0v) is 21.9. The number of hydrogen-bond acceptors (Lipinski definition) is 7. The Morgan fingerprint density at radius 1 is 1.03 bits per heavy atom. The largest absolute Gasteiger partial charge is 0.456 e. The first-order chi connectivity index (χ1) is 18.0. The van der Waals surface area contributed by atoms with Crippen LogP contribution < -0.4 is 4.74 Å². The molecule has 3 atom stereocenters. The number of ether oxygens (including phenoxy) is 3. The first kappa shape index (κ1) is 23.8. The van der Waals surface area contributed by atoms with Gasteiger partial charge in [0.1, 0.15) is 6.10 Å². The van der Waals surface area contributed by atoms with E-state index in [1.54, 1.807) is 4.31 Å². The van der Waals surface area contributed by atoms with E-state index < -0.39 is 10.0 Å². The molecule has 3 aromatic rings. The number of fused-ring (bicyclic) bond motifs is 2. The molecule has 5 heterocycles. The van der Waals surface area contributed by atoms with E-state index in [2.05, 4.69) is 22.1 Å². The quantitative estimate of drug-likeness (QED) is 0.502. The Morgan fingerprint density at radius 2 is 1.81 bits per heavy atom. The molecule has 0 spiro atoms. The molecule has 1 unspecified atom stereocenters. The lowest BCUT2D eigenvalue weighted by molar-refractivity contribution is 0.0273. The standard InChI is InChI=1S/C26H29ClN4O5S/c27-19-13-20-25(30-26(28-20)36-22-14-35-21-9-12-34-24(21)22)29-23(19)17-3-1-15(2-4-17)16-7-10-31(11-8-16)37(32,33)18-5-6-18/h1-4,13,16,18,21-22,24H,5-12,14H2,(H,28,29,30)/t21-,22?,24+/m1/s1. The zero-order chi connectivity index (χ0) is 25.1. The minimum absolute atomic E-state index is 0.0614. The van der Waals surface area contributed by atoms with Crippen molar-refractivity contribution in [3.05, 3.63) is 40.9 Å². The normalized spacial score (nSPS) is 27.1. The summed E-state index contributed by atoms with van der Waals surface area (Å²) in [6.07, 6.45) is 4.03. The van der Waals surface area contributed by atoms with Crippen LogP contribution in [0, 0.1) is 0 Å². The van der Waals surface area contributed by atoms with E-state index in [4.69, 9.17) is 30.8 Å². The molecule has 2 aromatic heterocycles. The van der Waals surface area contributed by atoms with Gasteiger partial charge in [0.15, 0.2) is 11.8 Å². The van der Waals surface area contributed by atoms with E-state index in [0.717, 1.165) is 37.7 Å². The van der Waals surface area contributed by atoms with Crippen LogP contribution in [0.1, 0.15) is 43.6 Å². The summed E-state index contributed by atoms with van der Waals surface area (Å²) in [7, 11) is -3.09. The highest BCUT2D eigenvalue weighted by atomic mass is 35.5. The van der Waals surface area contributed by atoms with Gasteiger partial charge >= 0.3 is 0 Å². The zero-order valence-electron chi connectivity index (χ0n) is 20.3. The van der Waals surface area contributed by atoms with E-state index in [0.29, 0.717) is 60.1 Å². The molecule has 1 aliphatic carbocycles. The fourth-order valence-electron chi connectivity index (χ4n) is 5.76. The third kappa shape index (κ3) is 4.42. The molecule has 3 aliphatic heterocycles. The van der Waals surface area contributed by atoms with Crippen molar-refractivity contribution in [2.75, 3.05) is 26.3 Å². The molecule has 4 aliphatic rings. The summed E-state index contributed by atoms with van der Waals surface area (Å²) in [5, 5.41) is 0.387. The van der Waals surface area contributed by atoms with Gasteiger partial charge in [-0.25, -0.2) is 17.7 Å². The van der Waals surface area contributed by atoms with Crippen molar-refractivity contribution >= 4 is 32.8 Å². The Hall–Kier alpha value is -2.24. The molecule has 9 nitrogen and oxygen atoms in total. The maximum atomic E-state index is 12.5. The molecule has 1 saturated carbocycles. The van der Waals surface area contributed by atoms with E-state index in [9.17, 15) is 8.42 Å². The number of rotatable bonds is 6. The van der Waals surface area contributed by atoms with Crippen molar-refractivity contribution in [1.82, 2.24) is 19.3 Å². The van der Waals surface area contributed by atoms with Gasteiger partial charge in [-0.15, -0.1) is 0 Å². The average molecular weight is 545 g/mol. The first-order valence-electron chi connectivity index (χ1n) is 13.0. The Kier molecular flexibility index (Phi) is 5.93. The Balaban J connectivity index is 1.05. The highest BCUT2D eigenvalue weighted by molar-refractivity contribution is 7.90. The van der Waals surface area contributed by atoms with Gasteiger partial charge in [-0.1, -0.05) is 35.9 Å². The number of imidazole rings is 1.